The predicted molar refractivity (Wildman–Crippen MR) is 117 cm³/mol. The number of allylic oxidation sites excluding steroid dienone is 1. The lowest BCUT2D eigenvalue weighted by molar-refractivity contribution is 0.0990. The van der Waals surface area contributed by atoms with Gasteiger partial charge in [-0.1, -0.05) is 30.3 Å². The van der Waals surface area contributed by atoms with Crippen molar-refractivity contribution in [1.82, 2.24) is 0 Å². The number of benzene rings is 3. The summed E-state index contributed by atoms with van der Waals surface area (Å²) in [5.41, 5.74) is 1.74. The molecule has 7 heteroatoms. The minimum absolute atomic E-state index is 0.0661. The van der Waals surface area contributed by atoms with E-state index in [0.717, 1.165) is 0 Å². The fourth-order valence-electron chi connectivity index (χ4n) is 3.31. The van der Waals surface area contributed by atoms with Gasteiger partial charge in [0.2, 0.25) is 0 Å². The number of ether oxygens (including phenoxy) is 2. The largest absolute Gasteiger partial charge is 0.490 e. The number of carbonyl (C=O) groups excluding carboxylic acids is 3. The van der Waals surface area contributed by atoms with E-state index in [1.807, 2.05) is 0 Å². The highest BCUT2D eigenvalue weighted by Gasteiger charge is 2.32. The maximum absolute atomic E-state index is 13.0. The van der Waals surface area contributed by atoms with Crippen LogP contribution in [-0.4, -0.2) is 24.3 Å². The van der Waals surface area contributed by atoms with E-state index in [-0.39, 0.29) is 28.6 Å². The lowest BCUT2D eigenvalue weighted by Gasteiger charge is -2.12. The second-order valence-corrected chi connectivity index (χ2v) is 6.92. The maximum atomic E-state index is 13.0. The molecule has 0 heterocycles. The number of ketones is 2. The number of anilines is 1. The lowest BCUT2D eigenvalue weighted by Crippen LogP contribution is -2.17. The zero-order valence-corrected chi connectivity index (χ0v) is 17.1. The van der Waals surface area contributed by atoms with Crippen molar-refractivity contribution in [3.05, 3.63) is 94.8 Å². The molecule has 3 aromatic carbocycles. The molecule has 4 rings (SSSR count). The minimum atomic E-state index is -0.778. The van der Waals surface area contributed by atoms with Crippen LogP contribution in [0.4, 0.5) is 14.9 Å². The van der Waals surface area contributed by atoms with Gasteiger partial charge in [0.15, 0.2) is 23.1 Å². The summed E-state index contributed by atoms with van der Waals surface area (Å²) in [4.78, 5) is 37.4. The van der Waals surface area contributed by atoms with Crippen molar-refractivity contribution >= 4 is 29.4 Å². The maximum Gasteiger partial charge on any atom is 0.417 e. The summed E-state index contributed by atoms with van der Waals surface area (Å²) in [6, 6.07) is 16.6. The van der Waals surface area contributed by atoms with Gasteiger partial charge in [0, 0.05) is 16.8 Å². The molecule has 0 fully saturated rings. The summed E-state index contributed by atoms with van der Waals surface area (Å²) < 4.78 is 23.9. The molecule has 0 aromatic heterocycles. The lowest BCUT2D eigenvalue weighted by atomic mass is 10.1. The van der Waals surface area contributed by atoms with E-state index in [4.69, 9.17) is 9.47 Å². The van der Waals surface area contributed by atoms with Crippen LogP contribution in [0.1, 0.15) is 33.2 Å². The number of Topliss-reactive ketones (excluding diaryl/α,β-unsaturated/α-hetero) is 2. The van der Waals surface area contributed by atoms with E-state index in [0.29, 0.717) is 29.0 Å². The van der Waals surface area contributed by atoms with Crippen molar-refractivity contribution in [3.8, 4) is 11.5 Å². The van der Waals surface area contributed by atoms with Gasteiger partial charge in [-0.25, -0.2) is 9.18 Å². The van der Waals surface area contributed by atoms with Gasteiger partial charge < -0.3 is 9.47 Å². The first-order chi connectivity index (χ1) is 15.5. The van der Waals surface area contributed by atoms with Gasteiger partial charge in [-0.15, -0.1) is 0 Å². The molecule has 0 radical (unpaired) electrons. The molecule has 0 saturated carbocycles. The zero-order valence-electron chi connectivity index (χ0n) is 17.1. The second-order valence-electron chi connectivity index (χ2n) is 6.92. The van der Waals surface area contributed by atoms with E-state index in [1.165, 1.54) is 36.4 Å². The summed E-state index contributed by atoms with van der Waals surface area (Å²) >= 11 is 0. The van der Waals surface area contributed by atoms with Crippen molar-refractivity contribution in [2.75, 3.05) is 11.9 Å². The number of rotatable bonds is 5. The molecule has 160 valence electrons. The van der Waals surface area contributed by atoms with E-state index < -0.39 is 11.9 Å². The van der Waals surface area contributed by atoms with Gasteiger partial charge in [-0.05, 0) is 55.0 Å². The SMILES string of the molecule is CCOc1cc(C=C2C(=O)c3ccccc3C2=O)ccc1OC(=O)Nc1ccc(F)cc1. The van der Waals surface area contributed by atoms with Gasteiger partial charge in [0.25, 0.3) is 0 Å². The molecule has 3 aromatic rings. The number of carbonyl (C=O) groups is 3. The summed E-state index contributed by atoms with van der Waals surface area (Å²) in [5.74, 6) is -0.660. The van der Waals surface area contributed by atoms with Crippen molar-refractivity contribution < 1.29 is 28.2 Å². The Morgan fingerprint density at radius 2 is 1.59 bits per heavy atom. The number of nitrogens with one attached hydrogen (secondary N) is 1. The molecule has 1 aliphatic rings. The van der Waals surface area contributed by atoms with Crippen molar-refractivity contribution in [2.24, 2.45) is 0 Å². The van der Waals surface area contributed by atoms with Gasteiger partial charge in [-0.2, -0.15) is 0 Å². The molecule has 0 bridgehead atoms. The summed E-state index contributed by atoms with van der Waals surface area (Å²) in [6.07, 6.45) is 0.718. The van der Waals surface area contributed by atoms with Crippen LogP contribution in [0.2, 0.25) is 0 Å². The molecule has 0 aliphatic heterocycles. The number of fused-ring (bicyclic) bond motifs is 1. The van der Waals surface area contributed by atoms with Crippen molar-refractivity contribution in [1.29, 1.82) is 0 Å². The van der Waals surface area contributed by atoms with E-state index in [2.05, 4.69) is 5.32 Å². The molecule has 32 heavy (non-hydrogen) atoms. The van der Waals surface area contributed by atoms with Crippen molar-refractivity contribution in [2.45, 2.75) is 6.92 Å². The number of amides is 1. The third kappa shape index (κ3) is 4.27. The van der Waals surface area contributed by atoms with Crippen LogP contribution in [0.15, 0.2) is 72.3 Å². The molecule has 1 amide bonds. The fraction of sp³-hybridized carbons (Fsp3) is 0.0800. The summed E-state index contributed by atoms with van der Waals surface area (Å²) in [5, 5.41) is 2.50. The Morgan fingerprint density at radius 3 is 2.22 bits per heavy atom. The normalized spacial score (nSPS) is 12.4. The molecule has 0 atom stereocenters. The molecule has 0 spiro atoms. The third-order valence-corrected chi connectivity index (χ3v) is 4.78. The molecular weight excluding hydrogens is 413 g/mol. The smallest absolute Gasteiger partial charge is 0.417 e. The van der Waals surface area contributed by atoms with Gasteiger partial charge in [-0.3, -0.25) is 14.9 Å². The fourth-order valence-corrected chi connectivity index (χ4v) is 3.31. The van der Waals surface area contributed by atoms with Gasteiger partial charge in [0.1, 0.15) is 5.82 Å². The van der Waals surface area contributed by atoms with Gasteiger partial charge >= 0.3 is 6.09 Å². The predicted octanol–water partition coefficient (Wildman–Crippen LogP) is 5.30. The molecule has 0 unspecified atom stereocenters. The Kier molecular flexibility index (Phi) is 5.81. The van der Waals surface area contributed by atoms with E-state index in [1.54, 1.807) is 43.3 Å². The Bertz CT molecular complexity index is 1210. The Balaban J connectivity index is 1.56. The first-order valence-corrected chi connectivity index (χ1v) is 9.87. The van der Waals surface area contributed by atoms with E-state index >= 15 is 0 Å². The zero-order chi connectivity index (χ0) is 22.7. The molecule has 0 saturated heterocycles. The average Bonchev–Trinajstić information content (AvgIpc) is 3.02. The monoisotopic (exact) mass is 431 g/mol. The van der Waals surface area contributed by atoms with Crippen LogP contribution in [-0.2, 0) is 0 Å². The highest BCUT2D eigenvalue weighted by molar-refractivity contribution is 6.41. The number of halogens is 1. The average molecular weight is 431 g/mol. The first kappa shape index (κ1) is 21.0. The van der Waals surface area contributed by atoms with Crippen LogP contribution in [0.3, 0.4) is 0 Å². The summed E-state index contributed by atoms with van der Waals surface area (Å²) in [6.45, 7) is 2.08. The van der Waals surface area contributed by atoms with E-state index in [9.17, 15) is 18.8 Å². The first-order valence-electron chi connectivity index (χ1n) is 9.87. The second kappa shape index (κ2) is 8.85. The molecule has 6 nitrogen and oxygen atoms in total. The molecule has 1 aliphatic carbocycles. The summed E-state index contributed by atoms with van der Waals surface area (Å²) in [7, 11) is 0. The topological polar surface area (TPSA) is 81.7 Å². The Morgan fingerprint density at radius 1 is 0.938 bits per heavy atom. The Hall–Kier alpha value is -4.26. The highest BCUT2D eigenvalue weighted by Crippen LogP contribution is 2.32. The highest BCUT2D eigenvalue weighted by atomic mass is 19.1. The third-order valence-electron chi connectivity index (χ3n) is 4.78. The van der Waals surface area contributed by atoms with Crippen LogP contribution in [0.5, 0.6) is 11.5 Å². The van der Waals surface area contributed by atoms with Crippen LogP contribution in [0.25, 0.3) is 6.08 Å². The molecular formula is C25H18FNO5. The van der Waals surface area contributed by atoms with Gasteiger partial charge in [0.05, 0.1) is 12.2 Å². The quantitative estimate of drug-likeness (QED) is 0.438. The van der Waals surface area contributed by atoms with Crippen LogP contribution >= 0.6 is 0 Å². The molecule has 1 N–H and O–H groups in total. The standard InChI is InChI=1S/C25H18FNO5/c1-2-31-22-14-15(13-20-23(28)18-5-3-4-6-19(18)24(20)29)7-12-21(22)32-25(30)27-17-10-8-16(26)9-11-17/h3-14H,2H2,1H3,(H,27,30). The number of hydrogen-bond acceptors (Lipinski definition) is 5. The van der Waals surface area contributed by atoms with Crippen LogP contribution < -0.4 is 14.8 Å². The van der Waals surface area contributed by atoms with Crippen LogP contribution in [0, 0.1) is 5.82 Å². The van der Waals surface area contributed by atoms with Crippen molar-refractivity contribution in [3.63, 3.8) is 0 Å². The number of hydrogen-bond donors (Lipinski definition) is 1. The minimum Gasteiger partial charge on any atom is -0.490 e. The Labute approximate surface area is 183 Å².